The zero-order chi connectivity index (χ0) is 14.8. The van der Waals surface area contributed by atoms with Crippen LogP contribution in [0.3, 0.4) is 0 Å². The molecule has 4 nitrogen and oxygen atoms in total. The molecule has 0 bridgehead atoms. The van der Waals surface area contributed by atoms with Crippen molar-refractivity contribution in [2.45, 2.75) is 58.5 Å². The van der Waals surface area contributed by atoms with Crippen LogP contribution in [0.5, 0.6) is 0 Å². The zero-order valence-electron chi connectivity index (χ0n) is 13.4. The molecule has 0 spiro atoms. The van der Waals surface area contributed by atoms with Gasteiger partial charge in [0.2, 0.25) is 0 Å². The molecule has 21 heavy (non-hydrogen) atoms. The van der Waals surface area contributed by atoms with E-state index in [0.717, 1.165) is 37.6 Å². The van der Waals surface area contributed by atoms with Crippen LogP contribution < -0.4 is 10.2 Å². The molecule has 1 aromatic rings. The predicted octanol–water partition coefficient (Wildman–Crippen LogP) is 3.01. The maximum absolute atomic E-state index is 4.83. The third-order valence-electron chi connectivity index (χ3n) is 4.29. The van der Waals surface area contributed by atoms with E-state index in [9.17, 15) is 0 Å². The second-order valence-electron chi connectivity index (χ2n) is 6.62. The number of hydrogen-bond acceptors (Lipinski definition) is 4. The molecule has 1 aliphatic carbocycles. The lowest BCUT2D eigenvalue weighted by molar-refractivity contribution is 0.653. The third kappa shape index (κ3) is 3.62. The van der Waals surface area contributed by atoms with E-state index in [1.54, 1.807) is 0 Å². The van der Waals surface area contributed by atoms with Crippen LogP contribution >= 0.6 is 0 Å². The highest BCUT2D eigenvalue weighted by atomic mass is 15.2. The summed E-state index contributed by atoms with van der Waals surface area (Å²) >= 11 is 0. The van der Waals surface area contributed by atoms with Crippen molar-refractivity contribution in [3.63, 3.8) is 0 Å². The number of hydrogen-bond donors (Lipinski definition) is 1. The van der Waals surface area contributed by atoms with Crippen LogP contribution in [0.2, 0.25) is 0 Å². The molecule has 3 rings (SSSR count). The van der Waals surface area contributed by atoms with Gasteiger partial charge in [0.1, 0.15) is 5.82 Å². The summed E-state index contributed by atoms with van der Waals surface area (Å²) in [6, 6.07) is 0.707. The minimum absolute atomic E-state index is 0.377. The van der Waals surface area contributed by atoms with Crippen molar-refractivity contribution in [2.24, 2.45) is 0 Å². The van der Waals surface area contributed by atoms with Gasteiger partial charge < -0.3 is 10.2 Å². The third-order valence-corrected chi connectivity index (χ3v) is 4.29. The molecule has 2 heterocycles. The van der Waals surface area contributed by atoms with Crippen molar-refractivity contribution in [2.75, 3.05) is 18.0 Å². The quantitative estimate of drug-likeness (QED) is 0.845. The Labute approximate surface area is 127 Å². The van der Waals surface area contributed by atoms with E-state index in [0.29, 0.717) is 12.0 Å². The SMILES string of the molecule is CC1=CCN(c2cnc(C(C)C)nc2CNC2CC2)CC1. The van der Waals surface area contributed by atoms with Crippen LogP contribution in [0.4, 0.5) is 5.69 Å². The monoisotopic (exact) mass is 286 g/mol. The first-order chi connectivity index (χ1) is 10.1. The van der Waals surface area contributed by atoms with Gasteiger partial charge in [-0.15, -0.1) is 0 Å². The standard InChI is InChI=1S/C17H26N4/c1-12(2)17-19-11-16(21-8-6-13(3)7-9-21)15(20-17)10-18-14-4-5-14/h6,11-12,14,18H,4-5,7-10H2,1-3H3. The van der Waals surface area contributed by atoms with Gasteiger partial charge in [-0.25, -0.2) is 9.97 Å². The van der Waals surface area contributed by atoms with Crippen LogP contribution in [0.15, 0.2) is 17.8 Å². The molecule has 0 atom stereocenters. The van der Waals surface area contributed by atoms with Gasteiger partial charge in [-0.2, -0.15) is 0 Å². The van der Waals surface area contributed by atoms with Crippen LogP contribution in [-0.4, -0.2) is 29.1 Å². The Balaban J connectivity index is 1.82. The smallest absolute Gasteiger partial charge is 0.131 e. The first-order valence-corrected chi connectivity index (χ1v) is 8.13. The van der Waals surface area contributed by atoms with Gasteiger partial charge in [-0.1, -0.05) is 25.5 Å². The van der Waals surface area contributed by atoms with Gasteiger partial charge in [-0.3, -0.25) is 0 Å². The lowest BCUT2D eigenvalue weighted by atomic mass is 10.1. The van der Waals surface area contributed by atoms with E-state index in [-0.39, 0.29) is 0 Å². The Kier molecular flexibility index (Phi) is 4.24. The molecule has 0 unspecified atom stereocenters. The second kappa shape index (κ2) is 6.14. The summed E-state index contributed by atoms with van der Waals surface area (Å²) in [4.78, 5) is 11.8. The minimum Gasteiger partial charge on any atom is -0.365 e. The average Bonchev–Trinajstić information content (AvgIpc) is 3.30. The van der Waals surface area contributed by atoms with Crippen molar-refractivity contribution in [3.05, 3.63) is 29.4 Å². The fourth-order valence-corrected chi connectivity index (χ4v) is 2.62. The van der Waals surface area contributed by atoms with E-state index in [1.165, 1.54) is 24.1 Å². The number of nitrogens with one attached hydrogen (secondary N) is 1. The number of nitrogens with zero attached hydrogens (tertiary/aromatic N) is 3. The molecule has 1 fully saturated rings. The Morgan fingerprint density at radius 3 is 2.81 bits per heavy atom. The number of aromatic nitrogens is 2. The molecule has 1 aromatic heterocycles. The molecule has 0 radical (unpaired) electrons. The molecule has 1 aliphatic heterocycles. The molecule has 2 aliphatic rings. The van der Waals surface area contributed by atoms with E-state index in [1.807, 2.05) is 6.20 Å². The molecule has 4 heteroatoms. The minimum atomic E-state index is 0.377. The molecule has 0 saturated heterocycles. The summed E-state index contributed by atoms with van der Waals surface area (Å²) in [5.74, 6) is 1.33. The van der Waals surface area contributed by atoms with Gasteiger partial charge in [0.05, 0.1) is 17.6 Å². The molecule has 0 aromatic carbocycles. The first kappa shape index (κ1) is 14.5. The first-order valence-electron chi connectivity index (χ1n) is 8.13. The topological polar surface area (TPSA) is 41.1 Å². The Bertz CT molecular complexity index is 532. The Morgan fingerprint density at radius 1 is 1.38 bits per heavy atom. The summed E-state index contributed by atoms with van der Waals surface area (Å²) in [5, 5.41) is 3.59. The Morgan fingerprint density at radius 2 is 2.19 bits per heavy atom. The predicted molar refractivity (Wildman–Crippen MR) is 86.6 cm³/mol. The fraction of sp³-hybridized carbons (Fsp3) is 0.647. The number of anilines is 1. The van der Waals surface area contributed by atoms with Crippen LogP contribution in [0.25, 0.3) is 0 Å². The molecule has 114 valence electrons. The summed E-state index contributed by atoms with van der Waals surface area (Å²) in [6.45, 7) is 9.43. The average molecular weight is 286 g/mol. The highest BCUT2D eigenvalue weighted by Crippen LogP contribution is 2.25. The van der Waals surface area contributed by atoms with Gasteiger partial charge in [0.15, 0.2) is 0 Å². The van der Waals surface area contributed by atoms with Gasteiger partial charge in [-0.05, 0) is 26.2 Å². The maximum Gasteiger partial charge on any atom is 0.131 e. The van der Waals surface area contributed by atoms with Gasteiger partial charge >= 0.3 is 0 Å². The van der Waals surface area contributed by atoms with E-state index in [2.05, 4.69) is 42.0 Å². The van der Waals surface area contributed by atoms with E-state index in [4.69, 9.17) is 4.98 Å². The van der Waals surface area contributed by atoms with Crippen LogP contribution in [-0.2, 0) is 6.54 Å². The molecule has 1 saturated carbocycles. The van der Waals surface area contributed by atoms with Gasteiger partial charge in [0.25, 0.3) is 0 Å². The van der Waals surface area contributed by atoms with E-state index < -0.39 is 0 Å². The van der Waals surface area contributed by atoms with Crippen molar-refractivity contribution in [1.82, 2.24) is 15.3 Å². The van der Waals surface area contributed by atoms with E-state index >= 15 is 0 Å². The highest BCUT2D eigenvalue weighted by molar-refractivity contribution is 5.51. The van der Waals surface area contributed by atoms with Gasteiger partial charge in [0, 0.05) is 31.6 Å². The summed E-state index contributed by atoms with van der Waals surface area (Å²) in [7, 11) is 0. The maximum atomic E-state index is 4.83. The molecule has 1 N–H and O–H groups in total. The van der Waals surface area contributed by atoms with Crippen LogP contribution in [0, 0.1) is 0 Å². The second-order valence-corrected chi connectivity index (χ2v) is 6.62. The molecular weight excluding hydrogens is 260 g/mol. The summed E-state index contributed by atoms with van der Waals surface area (Å²) in [6.07, 6.45) is 8.10. The molecule has 0 amide bonds. The summed E-state index contributed by atoms with van der Waals surface area (Å²) in [5.41, 5.74) is 3.86. The fourth-order valence-electron chi connectivity index (χ4n) is 2.62. The lowest BCUT2D eigenvalue weighted by Crippen LogP contribution is -2.31. The highest BCUT2D eigenvalue weighted by Gasteiger charge is 2.22. The summed E-state index contributed by atoms with van der Waals surface area (Å²) < 4.78 is 0. The Hall–Kier alpha value is -1.42. The van der Waals surface area contributed by atoms with Crippen LogP contribution in [0.1, 0.15) is 57.5 Å². The largest absolute Gasteiger partial charge is 0.365 e. The van der Waals surface area contributed by atoms with Crippen molar-refractivity contribution in [3.8, 4) is 0 Å². The normalized spacial score (nSPS) is 19.0. The van der Waals surface area contributed by atoms with Crippen molar-refractivity contribution < 1.29 is 0 Å². The van der Waals surface area contributed by atoms with Crippen molar-refractivity contribution >= 4 is 5.69 Å². The lowest BCUT2D eigenvalue weighted by Gasteiger charge is -2.29. The zero-order valence-corrected chi connectivity index (χ0v) is 13.4. The van der Waals surface area contributed by atoms with Crippen molar-refractivity contribution in [1.29, 1.82) is 0 Å². The number of rotatable bonds is 5. The molecular formula is C17H26N4.